The summed E-state index contributed by atoms with van der Waals surface area (Å²) in [4.78, 5) is 77.9. The van der Waals surface area contributed by atoms with Gasteiger partial charge in [-0.2, -0.15) is 0 Å². The molecule has 4 rings (SSSR count). The first-order chi connectivity index (χ1) is 32.8. The summed E-state index contributed by atoms with van der Waals surface area (Å²) < 4.78 is 23.9. The molecule has 0 unspecified atom stereocenters. The molecular weight excluding hydrogens is 896 g/mol. The fourth-order valence-electron chi connectivity index (χ4n) is 11.1. The third-order valence-electron chi connectivity index (χ3n) is 13.8. The largest absolute Gasteiger partial charge is 0.356 e. The van der Waals surface area contributed by atoms with Gasteiger partial charge < -0.3 is 40.9 Å². The van der Waals surface area contributed by atoms with Crippen molar-refractivity contribution in [1.82, 2.24) is 31.9 Å². The van der Waals surface area contributed by atoms with Gasteiger partial charge >= 0.3 is 7.60 Å². The predicted octanol–water partition coefficient (Wildman–Crippen LogP) is 9.00. The minimum Gasteiger partial charge on any atom is -0.356 e. The molecule has 0 aromatic carbocycles. The van der Waals surface area contributed by atoms with E-state index in [2.05, 4.69) is 31.9 Å². The van der Waals surface area contributed by atoms with Gasteiger partial charge in [0, 0.05) is 57.2 Å². The molecule has 6 N–H and O–H groups in total. The second-order valence-electron chi connectivity index (χ2n) is 22.0. The number of hydrogen-bond acceptors (Lipinski definition) is 9. The van der Waals surface area contributed by atoms with Crippen molar-refractivity contribution in [3.63, 3.8) is 0 Å². The van der Waals surface area contributed by atoms with Crippen molar-refractivity contribution in [3.05, 3.63) is 11.9 Å². The van der Waals surface area contributed by atoms with E-state index in [1.807, 2.05) is 41.5 Å². The zero-order valence-electron chi connectivity index (χ0n) is 44.1. The lowest BCUT2D eigenvalue weighted by Gasteiger charge is -2.56. The van der Waals surface area contributed by atoms with Gasteiger partial charge in [0.15, 0.2) is 0 Å². The molecule has 0 radical (unpaired) electrons. The molecule has 0 aliphatic heterocycles. The summed E-state index contributed by atoms with van der Waals surface area (Å²) in [5.74, 6) is 3.62. The molecule has 69 heavy (non-hydrogen) atoms. The highest BCUT2D eigenvalue weighted by Gasteiger charge is 2.51. The molecule has 0 saturated heterocycles. The molecule has 0 aromatic heterocycles. The van der Waals surface area contributed by atoms with Crippen molar-refractivity contribution in [2.75, 3.05) is 32.8 Å². The number of unbranched alkanes of at least 4 members (excludes halogenated alkanes) is 6. The van der Waals surface area contributed by atoms with Crippen molar-refractivity contribution in [1.29, 1.82) is 0 Å². The summed E-state index contributed by atoms with van der Waals surface area (Å²) in [5.41, 5.74) is 0.273. The molecule has 0 spiro atoms. The van der Waals surface area contributed by atoms with E-state index < -0.39 is 31.6 Å². The van der Waals surface area contributed by atoms with Gasteiger partial charge in [-0.05, 0) is 151 Å². The Bertz CT molecular complexity index is 1630. The molecule has 396 valence electrons. The Morgan fingerprint density at radius 2 is 0.942 bits per heavy atom. The fourth-order valence-corrected chi connectivity index (χ4v) is 12.5. The SMILES string of the molecule is CCOP(=O)(/C=C/[C@H](CC(C)C)NC(=O)[C@H](CC(C)C)NC(=O)[C@H](CC(C)C)NC(=O)CCCCCNC(=O)CCCCCNC(=O)CCCCCNC(=O)CC12CC3CC(CC(C3)C1)C2)OCC. The third-order valence-corrected chi connectivity index (χ3v) is 15.6. The normalized spacial score (nSPS) is 21.1. The third kappa shape index (κ3) is 24.6. The Morgan fingerprint density at radius 3 is 1.38 bits per heavy atom. The lowest BCUT2D eigenvalue weighted by molar-refractivity contribution is -0.132. The summed E-state index contributed by atoms with van der Waals surface area (Å²) in [5, 5.41) is 18.0. The maximum absolute atomic E-state index is 13.7. The average molecular weight is 991 g/mol. The quantitative estimate of drug-likeness (QED) is 0.0259. The standard InChI is InChI=1S/C53H95N6O9P/c1-9-67-69(66,68-10-2)27-23-44(28-38(3)4)57-51(64)46(30-40(7)8)59-52(65)45(29-39(5)6)58-49(62)22-16-13-18-25-55-47(60)20-14-11-17-24-54-48(61)21-15-12-19-26-56-50(63)37-53-34-41-31-42(35-53)33-43(32-41)36-53/h23,27,38-46H,9-22,24-26,28-37H2,1-8H3,(H,54,61)(H,55,60)(H,56,63)(H,57,64)(H,58,62)(H,59,65)/b27-23+/t41?,42?,43?,44-,45+,46+,53?/m1/s1. The summed E-state index contributed by atoms with van der Waals surface area (Å²) >= 11 is 0. The van der Waals surface area contributed by atoms with Crippen molar-refractivity contribution in [3.8, 4) is 0 Å². The Kier molecular flexibility index (Phi) is 27.8. The van der Waals surface area contributed by atoms with Crippen molar-refractivity contribution >= 4 is 43.0 Å². The number of hydrogen-bond donors (Lipinski definition) is 6. The molecule has 4 bridgehead atoms. The molecule has 4 saturated carbocycles. The molecule has 6 amide bonds. The van der Waals surface area contributed by atoms with E-state index in [9.17, 15) is 33.3 Å². The molecule has 0 aromatic rings. The number of rotatable bonds is 37. The van der Waals surface area contributed by atoms with Gasteiger partial charge in [0.1, 0.15) is 12.1 Å². The molecular formula is C53H95N6O9P. The average Bonchev–Trinajstić information content (AvgIpc) is 3.25. The van der Waals surface area contributed by atoms with Gasteiger partial charge in [-0.25, -0.2) is 0 Å². The number of carbonyl (C=O) groups excluding carboxylic acids is 6. The Balaban J connectivity index is 1.24. The summed E-state index contributed by atoms with van der Waals surface area (Å²) in [6, 6.07) is -2.14. The van der Waals surface area contributed by atoms with Crippen LogP contribution in [0.1, 0.15) is 197 Å². The van der Waals surface area contributed by atoms with Crippen LogP contribution in [0.25, 0.3) is 0 Å². The highest BCUT2D eigenvalue weighted by molar-refractivity contribution is 7.57. The molecule has 16 heteroatoms. The van der Waals surface area contributed by atoms with Crippen LogP contribution < -0.4 is 31.9 Å². The summed E-state index contributed by atoms with van der Waals surface area (Å²) in [7, 11) is -3.48. The number of carbonyl (C=O) groups is 6. The second-order valence-corrected chi connectivity index (χ2v) is 23.9. The molecule has 3 atom stereocenters. The lowest BCUT2D eigenvalue weighted by Crippen LogP contribution is -2.55. The maximum atomic E-state index is 13.7. The van der Waals surface area contributed by atoms with Crippen molar-refractivity contribution < 1.29 is 42.4 Å². The zero-order valence-corrected chi connectivity index (χ0v) is 45.0. The van der Waals surface area contributed by atoms with E-state index >= 15 is 0 Å². The monoisotopic (exact) mass is 991 g/mol. The molecule has 0 heterocycles. The van der Waals surface area contributed by atoms with Crippen molar-refractivity contribution in [2.45, 2.75) is 215 Å². The highest BCUT2D eigenvalue weighted by atomic mass is 31.2. The van der Waals surface area contributed by atoms with E-state index in [4.69, 9.17) is 9.05 Å². The highest BCUT2D eigenvalue weighted by Crippen LogP contribution is 2.61. The lowest BCUT2D eigenvalue weighted by atomic mass is 9.49. The minimum atomic E-state index is -3.48. The first kappa shape index (κ1) is 60.0. The van der Waals surface area contributed by atoms with Crippen molar-refractivity contribution in [2.24, 2.45) is 40.9 Å². The molecule has 15 nitrogen and oxygen atoms in total. The van der Waals surface area contributed by atoms with Gasteiger partial charge in [0.2, 0.25) is 35.4 Å². The minimum absolute atomic E-state index is 0.00594. The van der Waals surface area contributed by atoms with Crippen LogP contribution >= 0.6 is 7.60 Å². The van der Waals surface area contributed by atoms with E-state index in [0.29, 0.717) is 64.6 Å². The molecule has 4 fully saturated rings. The van der Waals surface area contributed by atoms with E-state index in [0.717, 1.165) is 69.1 Å². The summed E-state index contributed by atoms with van der Waals surface area (Å²) in [6.45, 7) is 17.6. The van der Waals surface area contributed by atoms with E-state index in [1.165, 1.54) is 44.3 Å². The van der Waals surface area contributed by atoms with E-state index in [1.54, 1.807) is 19.9 Å². The van der Waals surface area contributed by atoms with E-state index in [-0.39, 0.29) is 72.3 Å². The first-order valence-corrected chi connectivity index (χ1v) is 28.7. The van der Waals surface area contributed by atoms with Crippen LogP contribution in [-0.4, -0.2) is 86.4 Å². The number of amides is 6. The van der Waals surface area contributed by atoms with Crippen LogP contribution in [0.5, 0.6) is 0 Å². The smallest absolute Gasteiger partial charge is 0.353 e. The van der Waals surface area contributed by atoms with Crippen LogP contribution in [-0.2, 0) is 42.4 Å². The van der Waals surface area contributed by atoms with Gasteiger partial charge in [-0.15, -0.1) is 0 Å². The van der Waals surface area contributed by atoms with Crippen LogP contribution in [0.4, 0.5) is 0 Å². The second kappa shape index (κ2) is 31.9. The van der Waals surface area contributed by atoms with Crippen LogP contribution in [0.3, 0.4) is 0 Å². The molecule has 4 aliphatic carbocycles. The van der Waals surface area contributed by atoms with Gasteiger partial charge in [-0.1, -0.05) is 66.9 Å². The zero-order chi connectivity index (χ0) is 50.8. The Hall–Kier alpha value is -3.29. The van der Waals surface area contributed by atoms with Crippen LogP contribution in [0.15, 0.2) is 11.9 Å². The van der Waals surface area contributed by atoms with Gasteiger partial charge in [0.05, 0.1) is 13.2 Å². The van der Waals surface area contributed by atoms with Gasteiger partial charge in [0.25, 0.3) is 0 Å². The predicted molar refractivity (Wildman–Crippen MR) is 274 cm³/mol. The molecule has 4 aliphatic rings. The fraction of sp³-hybridized carbons (Fsp3) is 0.849. The van der Waals surface area contributed by atoms with Crippen LogP contribution in [0, 0.1) is 40.9 Å². The Morgan fingerprint density at radius 1 is 0.536 bits per heavy atom. The Labute approximate surface area is 416 Å². The van der Waals surface area contributed by atoms with Crippen LogP contribution in [0.2, 0.25) is 0 Å². The first-order valence-electron chi connectivity index (χ1n) is 27.1. The maximum Gasteiger partial charge on any atom is 0.353 e. The van der Waals surface area contributed by atoms with Gasteiger partial charge in [-0.3, -0.25) is 33.3 Å². The topological polar surface area (TPSA) is 210 Å². The summed E-state index contributed by atoms with van der Waals surface area (Å²) in [6.07, 6.45) is 19.9. The number of nitrogens with one attached hydrogen (secondary N) is 6.